The van der Waals surface area contributed by atoms with Crippen molar-refractivity contribution >= 4 is 17.5 Å². The second-order valence-electron chi connectivity index (χ2n) is 7.86. The average molecular weight is 356 g/mol. The van der Waals surface area contributed by atoms with Gasteiger partial charge < -0.3 is 14.4 Å². The second-order valence-corrected chi connectivity index (χ2v) is 7.86. The normalized spacial score (nSPS) is 16.5. The van der Waals surface area contributed by atoms with Gasteiger partial charge in [-0.25, -0.2) is 4.79 Å². The summed E-state index contributed by atoms with van der Waals surface area (Å²) in [6, 6.07) is 6.18. The third-order valence-corrected chi connectivity index (χ3v) is 4.52. The summed E-state index contributed by atoms with van der Waals surface area (Å²) in [7, 11) is 2.02. The number of nitrogens with zero attached hydrogens (tertiary/aromatic N) is 3. The molecular formula is C19H24N4O3. The molecule has 7 heteroatoms. The summed E-state index contributed by atoms with van der Waals surface area (Å²) in [5.41, 5.74) is 4.31. The predicted molar refractivity (Wildman–Crippen MR) is 99.5 cm³/mol. The van der Waals surface area contributed by atoms with Crippen LogP contribution in [0.15, 0.2) is 24.4 Å². The number of hydrogen-bond donors (Lipinski definition) is 1. The fourth-order valence-corrected chi connectivity index (χ4v) is 3.33. The number of nitrogens with one attached hydrogen (secondary N) is 1. The van der Waals surface area contributed by atoms with Crippen LogP contribution in [0.1, 0.15) is 32.4 Å². The van der Waals surface area contributed by atoms with E-state index in [1.807, 2.05) is 50.7 Å². The minimum atomic E-state index is -0.540. The summed E-state index contributed by atoms with van der Waals surface area (Å²) >= 11 is 0. The standard InChI is InChI=1S/C19H24N4O3/c1-19(2,3)26-18(24)20-15-7-5-6-14-16-12(8-22(4)17(14)15)9-23(21-16)13-10-25-11-13/h5-7,9,13H,8,10-11H2,1-4H3,(H,20,24). The van der Waals surface area contributed by atoms with Crippen molar-refractivity contribution in [1.82, 2.24) is 9.78 Å². The van der Waals surface area contributed by atoms with Crippen LogP contribution < -0.4 is 10.2 Å². The zero-order valence-electron chi connectivity index (χ0n) is 15.6. The van der Waals surface area contributed by atoms with Crippen molar-refractivity contribution in [1.29, 1.82) is 0 Å². The van der Waals surface area contributed by atoms with Crippen LogP contribution in [0, 0.1) is 0 Å². The van der Waals surface area contributed by atoms with Crippen LogP contribution in [0.25, 0.3) is 11.3 Å². The number of benzene rings is 1. The van der Waals surface area contributed by atoms with E-state index in [9.17, 15) is 4.79 Å². The molecule has 0 radical (unpaired) electrons. The van der Waals surface area contributed by atoms with Crippen molar-refractivity contribution in [2.75, 3.05) is 30.5 Å². The molecule has 0 aliphatic carbocycles. The van der Waals surface area contributed by atoms with E-state index in [0.29, 0.717) is 19.3 Å². The van der Waals surface area contributed by atoms with Crippen molar-refractivity contribution in [2.45, 2.75) is 39.0 Å². The topological polar surface area (TPSA) is 68.6 Å². The Morgan fingerprint density at radius 1 is 1.35 bits per heavy atom. The maximum atomic E-state index is 12.2. The second kappa shape index (κ2) is 6.02. The van der Waals surface area contributed by atoms with Crippen LogP contribution >= 0.6 is 0 Å². The lowest BCUT2D eigenvalue weighted by Gasteiger charge is -2.29. The zero-order chi connectivity index (χ0) is 18.5. The van der Waals surface area contributed by atoms with E-state index in [-0.39, 0.29) is 0 Å². The molecule has 2 aliphatic rings. The van der Waals surface area contributed by atoms with Gasteiger partial charge in [-0.05, 0) is 26.8 Å². The van der Waals surface area contributed by atoms with Gasteiger partial charge in [-0.2, -0.15) is 5.10 Å². The van der Waals surface area contributed by atoms with Crippen LogP contribution in [-0.2, 0) is 16.0 Å². The lowest BCUT2D eigenvalue weighted by Crippen LogP contribution is -2.30. The Bertz CT molecular complexity index is 849. The highest BCUT2D eigenvalue weighted by molar-refractivity contribution is 5.96. The number of carbonyl (C=O) groups is 1. The Morgan fingerprint density at radius 2 is 2.12 bits per heavy atom. The van der Waals surface area contributed by atoms with Gasteiger partial charge in [0, 0.05) is 30.9 Å². The average Bonchev–Trinajstić information content (AvgIpc) is 2.86. The molecule has 1 saturated heterocycles. The van der Waals surface area contributed by atoms with Crippen molar-refractivity contribution in [3.63, 3.8) is 0 Å². The number of hydrogen-bond acceptors (Lipinski definition) is 5. The Hall–Kier alpha value is -2.54. The lowest BCUT2D eigenvalue weighted by atomic mass is 9.99. The highest BCUT2D eigenvalue weighted by atomic mass is 16.6. The molecule has 3 heterocycles. The van der Waals surface area contributed by atoms with Crippen LogP contribution in [0.2, 0.25) is 0 Å². The first kappa shape index (κ1) is 16.9. The van der Waals surface area contributed by atoms with E-state index >= 15 is 0 Å². The quantitative estimate of drug-likeness (QED) is 0.893. The summed E-state index contributed by atoms with van der Waals surface area (Å²) in [4.78, 5) is 14.4. The smallest absolute Gasteiger partial charge is 0.412 e. The van der Waals surface area contributed by atoms with Gasteiger partial charge in [0.05, 0.1) is 36.3 Å². The summed E-state index contributed by atoms with van der Waals surface area (Å²) < 4.78 is 12.7. The molecule has 1 aromatic heterocycles. The number of aromatic nitrogens is 2. The maximum Gasteiger partial charge on any atom is 0.412 e. The van der Waals surface area contributed by atoms with E-state index in [4.69, 9.17) is 14.6 Å². The van der Waals surface area contributed by atoms with Crippen LogP contribution in [0.4, 0.5) is 16.2 Å². The summed E-state index contributed by atoms with van der Waals surface area (Å²) in [6.07, 6.45) is 1.65. The highest BCUT2D eigenvalue weighted by Crippen LogP contribution is 2.42. The number of amides is 1. The zero-order valence-corrected chi connectivity index (χ0v) is 15.6. The SMILES string of the molecule is CN1Cc2cn(C3COC3)nc2-c2cccc(NC(=O)OC(C)(C)C)c21. The fourth-order valence-electron chi connectivity index (χ4n) is 3.33. The van der Waals surface area contributed by atoms with Gasteiger partial charge >= 0.3 is 6.09 Å². The molecule has 1 fully saturated rings. The van der Waals surface area contributed by atoms with Crippen LogP contribution in [0.3, 0.4) is 0 Å². The fraction of sp³-hybridized carbons (Fsp3) is 0.474. The molecule has 0 spiro atoms. The van der Waals surface area contributed by atoms with Gasteiger partial charge in [-0.15, -0.1) is 0 Å². The van der Waals surface area contributed by atoms with Crippen molar-refractivity contribution in [3.05, 3.63) is 30.0 Å². The molecule has 1 amide bonds. The van der Waals surface area contributed by atoms with Gasteiger partial charge in [0.1, 0.15) is 5.60 Å². The number of anilines is 2. The monoisotopic (exact) mass is 356 g/mol. The van der Waals surface area contributed by atoms with Gasteiger partial charge in [0.2, 0.25) is 0 Å². The lowest BCUT2D eigenvalue weighted by molar-refractivity contribution is -0.0285. The van der Waals surface area contributed by atoms with Crippen molar-refractivity contribution in [3.8, 4) is 11.3 Å². The molecule has 26 heavy (non-hydrogen) atoms. The Balaban J connectivity index is 1.68. The molecule has 4 rings (SSSR count). The molecular weight excluding hydrogens is 332 g/mol. The third kappa shape index (κ3) is 3.03. The van der Waals surface area contributed by atoms with Gasteiger partial charge in [0.15, 0.2) is 0 Å². The van der Waals surface area contributed by atoms with Gasteiger partial charge in [-0.3, -0.25) is 10.00 Å². The molecule has 1 N–H and O–H groups in total. The van der Waals surface area contributed by atoms with E-state index in [1.54, 1.807) is 0 Å². The number of ether oxygens (including phenoxy) is 2. The Labute approximate surface area is 152 Å². The summed E-state index contributed by atoms with van der Waals surface area (Å²) in [5.74, 6) is 0. The largest absolute Gasteiger partial charge is 0.444 e. The number of rotatable bonds is 2. The minimum Gasteiger partial charge on any atom is -0.444 e. The van der Waals surface area contributed by atoms with Gasteiger partial charge in [0.25, 0.3) is 0 Å². The molecule has 0 atom stereocenters. The molecule has 2 aliphatic heterocycles. The van der Waals surface area contributed by atoms with E-state index < -0.39 is 11.7 Å². The van der Waals surface area contributed by atoms with Crippen LogP contribution in [-0.4, -0.2) is 41.7 Å². The number of para-hydroxylation sites is 1. The minimum absolute atomic E-state index is 0.317. The first-order chi connectivity index (χ1) is 12.3. The van der Waals surface area contributed by atoms with E-state index in [0.717, 1.165) is 29.2 Å². The van der Waals surface area contributed by atoms with Gasteiger partial charge in [-0.1, -0.05) is 12.1 Å². The first-order valence-electron chi connectivity index (χ1n) is 8.82. The predicted octanol–water partition coefficient (Wildman–Crippen LogP) is 3.42. The third-order valence-electron chi connectivity index (χ3n) is 4.52. The van der Waals surface area contributed by atoms with Crippen molar-refractivity contribution < 1.29 is 14.3 Å². The van der Waals surface area contributed by atoms with E-state index in [2.05, 4.69) is 16.4 Å². The summed E-state index contributed by atoms with van der Waals surface area (Å²) in [6.45, 7) is 7.71. The van der Waals surface area contributed by atoms with E-state index in [1.165, 1.54) is 5.56 Å². The number of carbonyl (C=O) groups excluding carboxylic acids is 1. The van der Waals surface area contributed by atoms with Crippen LogP contribution in [0.5, 0.6) is 0 Å². The Morgan fingerprint density at radius 3 is 2.77 bits per heavy atom. The highest BCUT2D eigenvalue weighted by Gasteiger charge is 2.29. The molecule has 0 bridgehead atoms. The summed E-state index contributed by atoms with van der Waals surface area (Å²) in [5, 5.41) is 7.68. The number of fused-ring (bicyclic) bond motifs is 3. The molecule has 0 saturated carbocycles. The molecule has 0 unspecified atom stereocenters. The Kier molecular flexibility index (Phi) is 3.91. The molecule has 1 aromatic carbocycles. The molecule has 138 valence electrons. The first-order valence-corrected chi connectivity index (χ1v) is 8.82. The molecule has 7 nitrogen and oxygen atoms in total. The molecule has 2 aromatic rings. The van der Waals surface area contributed by atoms with Crippen molar-refractivity contribution in [2.24, 2.45) is 0 Å². The maximum absolute atomic E-state index is 12.2.